The van der Waals surface area contributed by atoms with Crippen LogP contribution in [0.4, 0.5) is 21.6 Å². The number of alkyl halides is 1. The third-order valence-corrected chi connectivity index (χ3v) is 5.80. The third kappa shape index (κ3) is 2.04. The van der Waals surface area contributed by atoms with Crippen LogP contribution in [0.1, 0.15) is 46.1 Å². The average molecular weight is 340 g/mol. The Hall–Kier alpha value is -2.17. The molecule has 0 N–H and O–H groups in total. The van der Waals surface area contributed by atoms with Crippen molar-refractivity contribution in [3.63, 3.8) is 0 Å². The number of nitrogens with zero attached hydrogens (tertiary/aromatic N) is 4. The molecule has 0 aliphatic carbocycles. The molecule has 0 saturated carbocycles. The van der Waals surface area contributed by atoms with Gasteiger partial charge in [-0.25, -0.2) is 14.4 Å². The minimum absolute atomic E-state index is 0.0726. The van der Waals surface area contributed by atoms with Gasteiger partial charge in [0, 0.05) is 17.5 Å². The van der Waals surface area contributed by atoms with Crippen molar-refractivity contribution in [1.29, 1.82) is 0 Å². The van der Waals surface area contributed by atoms with Crippen LogP contribution in [0.25, 0.3) is 0 Å². The number of rotatable bonds is 3. The molecule has 2 aliphatic rings. The molecule has 0 amide bonds. The summed E-state index contributed by atoms with van der Waals surface area (Å²) in [5.74, 6) is 0.752. The monoisotopic (exact) mass is 340 g/mol. The van der Waals surface area contributed by atoms with E-state index in [-0.39, 0.29) is 18.1 Å². The Kier molecular flexibility index (Phi) is 3.71. The Morgan fingerprint density at radius 1 is 1.20 bits per heavy atom. The molecule has 2 aliphatic heterocycles. The fourth-order valence-corrected chi connectivity index (χ4v) is 4.75. The lowest BCUT2D eigenvalue weighted by molar-refractivity contribution is 0.0451. The van der Waals surface area contributed by atoms with Crippen molar-refractivity contribution in [2.75, 3.05) is 9.80 Å². The van der Waals surface area contributed by atoms with Crippen molar-refractivity contribution in [3.05, 3.63) is 42.4 Å². The van der Waals surface area contributed by atoms with E-state index in [4.69, 9.17) is 0 Å². The van der Waals surface area contributed by atoms with Crippen LogP contribution >= 0.6 is 0 Å². The van der Waals surface area contributed by atoms with Crippen LogP contribution in [0.3, 0.4) is 0 Å². The van der Waals surface area contributed by atoms with Crippen LogP contribution in [-0.4, -0.2) is 22.2 Å². The maximum Gasteiger partial charge on any atom is 0.161 e. The van der Waals surface area contributed by atoms with Gasteiger partial charge in [-0.3, -0.25) is 0 Å². The van der Waals surface area contributed by atoms with E-state index >= 15 is 4.39 Å². The van der Waals surface area contributed by atoms with Crippen molar-refractivity contribution in [2.45, 2.75) is 58.4 Å². The molecule has 1 aromatic heterocycles. The van der Waals surface area contributed by atoms with Gasteiger partial charge in [0.25, 0.3) is 0 Å². The highest BCUT2D eigenvalue weighted by molar-refractivity contribution is 5.83. The second kappa shape index (κ2) is 5.68. The Bertz CT molecular complexity index is 793. The number of hydrogen-bond acceptors (Lipinski definition) is 4. The van der Waals surface area contributed by atoms with Crippen LogP contribution in [-0.2, 0) is 5.67 Å². The number of benzene rings is 1. The predicted octanol–water partition coefficient (Wildman–Crippen LogP) is 4.78. The van der Waals surface area contributed by atoms with Gasteiger partial charge in [-0.05, 0) is 32.8 Å². The maximum absolute atomic E-state index is 16.4. The van der Waals surface area contributed by atoms with Gasteiger partial charge in [-0.1, -0.05) is 32.0 Å². The molecular formula is C20H25FN4. The SMILES string of the molecule is CCC1C2N(c3ccccc3C1(F)CC)c1ncncc1N2C(C)C. The molecule has 5 heteroatoms. The van der Waals surface area contributed by atoms with E-state index in [1.807, 2.05) is 37.4 Å². The Labute approximate surface area is 148 Å². The van der Waals surface area contributed by atoms with Gasteiger partial charge in [-0.2, -0.15) is 0 Å². The predicted molar refractivity (Wildman–Crippen MR) is 98.9 cm³/mol. The van der Waals surface area contributed by atoms with Gasteiger partial charge in [0.2, 0.25) is 0 Å². The molecule has 4 nitrogen and oxygen atoms in total. The third-order valence-electron chi connectivity index (χ3n) is 5.80. The summed E-state index contributed by atoms with van der Waals surface area (Å²) in [6.07, 6.45) is 4.62. The zero-order valence-electron chi connectivity index (χ0n) is 15.3. The summed E-state index contributed by atoms with van der Waals surface area (Å²) < 4.78 is 16.4. The quantitative estimate of drug-likeness (QED) is 0.804. The van der Waals surface area contributed by atoms with Crippen molar-refractivity contribution in [3.8, 4) is 0 Å². The molecular weight excluding hydrogens is 315 g/mol. The van der Waals surface area contributed by atoms with Gasteiger partial charge in [-0.15, -0.1) is 0 Å². The number of halogens is 1. The van der Waals surface area contributed by atoms with Crippen molar-refractivity contribution in [2.24, 2.45) is 5.92 Å². The normalized spacial score (nSPS) is 27.3. The van der Waals surface area contributed by atoms with Crippen molar-refractivity contribution in [1.82, 2.24) is 9.97 Å². The molecule has 4 rings (SSSR count). The minimum Gasteiger partial charge on any atom is -0.344 e. The first-order valence-electron chi connectivity index (χ1n) is 9.20. The molecule has 0 spiro atoms. The second-order valence-electron chi connectivity index (χ2n) is 7.26. The molecule has 25 heavy (non-hydrogen) atoms. The van der Waals surface area contributed by atoms with E-state index in [2.05, 4.69) is 40.5 Å². The lowest BCUT2D eigenvalue weighted by Crippen LogP contribution is -2.57. The standard InChI is InChI=1S/C20H25FN4/c1-5-14-19-24(13(3)4)17-11-22-12-23-18(17)25(19)16-10-8-7-9-15(16)20(14,21)6-2/h7-14,19H,5-6H2,1-4H3. The highest BCUT2D eigenvalue weighted by Gasteiger charge is 2.56. The van der Waals surface area contributed by atoms with E-state index in [1.165, 1.54) is 0 Å². The van der Waals surface area contributed by atoms with Crippen molar-refractivity contribution >= 4 is 17.2 Å². The molecule has 1 aromatic carbocycles. The number of hydrogen-bond donors (Lipinski definition) is 0. The lowest BCUT2D eigenvalue weighted by atomic mass is 9.73. The minimum atomic E-state index is -1.34. The van der Waals surface area contributed by atoms with E-state index in [0.717, 1.165) is 29.2 Å². The Morgan fingerprint density at radius 2 is 1.96 bits per heavy atom. The molecule has 132 valence electrons. The highest BCUT2D eigenvalue weighted by atomic mass is 19.1. The molecule has 0 bridgehead atoms. The maximum atomic E-state index is 16.4. The molecule has 3 unspecified atom stereocenters. The molecule has 0 saturated heterocycles. The van der Waals surface area contributed by atoms with Crippen LogP contribution < -0.4 is 9.80 Å². The summed E-state index contributed by atoms with van der Waals surface area (Å²) in [5, 5.41) is 0. The second-order valence-corrected chi connectivity index (χ2v) is 7.26. The van der Waals surface area contributed by atoms with Crippen LogP contribution in [0, 0.1) is 5.92 Å². The topological polar surface area (TPSA) is 32.3 Å². The largest absolute Gasteiger partial charge is 0.344 e. The zero-order valence-corrected chi connectivity index (χ0v) is 15.3. The summed E-state index contributed by atoms with van der Waals surface area (Å²) in [6, 6.07) is 8.12. The molecule has 3 heterocycles. The highest BCUT2D eigenvalue weighted by Crippen LogP contribution is 2.57. The molecule has 0 fully saturated rings. The summed E-state index contributed by atoms with van der Waals surface area (Å²) in [6.45, 7) is 8.35. The summed E-state index contributed by atoms with van der Waals surface area (Å²) in [4.78, 5) is 13.3. The van der Waals surface area contributed by atoms with Gasteiger partial charge in [0.15, 0.2) is 5.82 Å². The van der Waals surface area contributed by atoms with Crippen molar-refractivity contribution < 1.29 is 4.39 Å². The van der Waals surface area contributed by atoms with E-state index in [9.17, 15) is 0 Å². The Balaban J connectivity index is 2.02. The number of aromatic nitrogens is 2. The molecule has 0 radical (unpaired) electrons. The summed E-state index contributed by atoms with van der Waals surface area (Å²) in [7, 11) is 0. The van der Waals surface area contributed by atoms with E-state index < -0.39 is 5.67 Å². The lowest BCUT2D eigenvalue weighted by Gasteiger charge is -2.50. The number of fused-ring (bicyclic) bond motifs is 5. The van der Waals surface area contributed by atoms with E-state index in [1.54, 1.807) is 6.33 Å². The number of para-hydroxylation sites is 1. The first-order chi connectivity index (χ1) is 12.0. The van der Waals surface area contributed by atoms with Gasteiger partial charge in [0.05, 0.1) is 11.9 Å². The van der Waals surface area contributed by atoms with Crippen LogP contribution in [0.5, 0.6) is 0 Å². The first-order valence-corrected chi connectivity index (χ1v) is 9.20. The van der Waals surface area contributed by atoms with E-state index in [0.29, 0.717) is 6.42 Å². The van der Waals surface area contributed by atoms with Gasteiger partial charge < -0.3 is 9.80 Å². The molecule has 3 atom stereocenters. The van der Waals surface area contributed by atoms with Gasteiger partial charge in [0.1, 0.15) is 23.8 Å². The number of anilines is 3. The average Bonchev–Trinajstić information content (AvgIpc) is 2.97. The fourth-order valence-electron chi connectivity index (χ4n) is 4.75. The van der Waals surface area contributed by atoms with Crippen LogP contribution in [0.2, 0.25) is 0 Å². The summed E-state index contributed by atoms with van der Waals surface area (Å²) in [5.41, 5.74) is 1.38. The smallest absolute Gasteiger partial charge is 0.161 e. The Morgan fingerprint density at radius 3 is 2.64 bits per heavy atom. The van der Waals surface area contributed by atoms with Gasteiger partial charge >= 0.3 is 0 Å². The summed E-state index contributed by atoms with van der Waals surface area (Å²) >= 11 is 0. The fraction of sp³-hybridized carbons (Fsp3) is 0.500. The zero-order chi connectivity index (χ0) is 17.8. The van der Waals surface area contributed by atoms with Crippen LogP contribution in [0.15, 0.2) is 36.8 Å². The first kappa shape index (κ1) is 16.3. The molecule has 2 aromatic rings.